The van der Waals surface area contributed by atoms with E-state index in [1.807, 2.05) is 13.0 Å². The molecule has 0 aromatic carbocycles. The Bertz CT molecular complexity index is 230. The smallest absolute Gasteiger partial charge is 0.309 e. The standard InChI is InChI=1S/C12H21NO2/c1-3-5-8-13-9-6-12(4-2,7-10-13)11(14)15/h3H,1,4-10H2,2H3,(H,14,15). The molecule has 0 amide bonds. The molecule has 0 aromatic rings. The van der Waals surface area contributed by atoms with Crippen molar-refractivity contribution < 1.29 is 9.90 Å². The van der Waals surface area contributed by atoms with E-state index in [4.69, 9.17) is 0 Å². The molecule has 1 aliphatic heterocycles. The van der Waals surface area contributed by atoms with Gasteiger partial charge in [0.05, 0.1) is 5.41 Å². The Morgan fingerprint density at radius 2 is 2.13 bits per heavy atom. The molecule has 1 aliphatic rings. The van der Waals surface area contributed by atoms with Gasteiger partial charge < -0.3 is 10.0 Å². The second-order valence-electron chi connectivity index (χ2n) is 4.36. The number of carboxylic acids is 1. The molecule has 0 aliphatic carbocycles. The highest BCUT2D eigenvalue weighted by molar-refractivity contribution is 5.74. The van der Waals surface area contributed by atoms with Crippen LogP contribution in [0.5, 0.6) is 0 Å². The van der Waals surface area contributed by atoms with E-state index in [0.717, 1.165) is 45.3 Å². The molecule has 1 fully saturated rings. The number of hydrogen-bond donors (Lipinski definition) is 1. The van der Waals surface area contributed by atoms with Gasteiger partial charge in [-0.05, 0) is 38.8 Å². The van der Waals surface area contributed by atoms with Crippen molar-refractivity contribution in [3.63, 3.8) is 0 Å². The van der Waals surface area contributed by atoms with E-state index in [2.05, 4.69) is 11.5 Å². The van der Waals surface area contributed by atoms with Gasteiger partial charge in [0.2, 0.25) is 0 Å². The van der Waals surface area contributed by atoms with E-state index in [9.17, 15) is 9.90 Å². The number of aliphatic carboxylic acids is 1. The van der Waals surface area contributed by atoms with Crippen LogP contribution in [0.15, 0.2) is 12.7 Å². The third-order valence-electron chi connectivity index (χ3n) is 3.59. The maximum absolute atomic E-state index is 11.2. The first-order chi connectivity index (χ1) is 7.14. The molecule has 0 spiro atoms. The summed E-state index contributed by atoms with van der Waals surface area (Å²) >= 11 is 0. The highest BCUT2D eigenvalue weighted by atomic mass is 16.4. The number of carboxylic acid groups (broad SMARTS) is 1. The quantitative estimate of drug-likeness (QED) is 0.708. The molecular weight excluding hydrogens is 190 g/mol. The molecule has 15 heavy (non-hydrogen) atoms. The lowest BCUT2D eigenvalue weighted by molar-refractivity contribution is -0.152. The predicted molar refractivity (Wildman–Crippen MR) is 60.8 cm³/mol. The summed E-state index contributed by atoms with van der Waals surface area (Å²) in [7, 11) is 0. The van der Waals surface area contributed by atoms with Gasteiger partial charge in [-0.25, -0.2) is 0 Å². The van der Waals surface area contributed by atoms with E-state index >= 15 is 0 Å². The van der Waals surface area contributed by atoms with Crippen LogP contribution in [0, 0.1) is 5.41 Å². The average Bonchev–Trinajstić information content (AvgIpc) is 2.27. The Kier molecular flexibility index (Phi) is 4.33. The van der Waals surface area contributed by atoms with Crippen LogP contribution in [0.3, 0.4) is 0 Å². The molecular formula is C12H21NO2. The summed E-state index contributed by atoms with van der Waals surface area (Å²) in [6.45, 7) is 8.52. The predicted octanol–water partition coefficient (Wildman–Crippen LogP) is 2.14. The molecule has 1 heterocycles. The Morgan fingerprint density at radius 1 is 1.53 bits per heavy atom. The SMILES string of the molecule is C=CCCN1CCC(CC)(C(=O)O)CC1. The summed E-state index contributed by atoms with van der Waals surface area (Å²) in [4.78, 5) is 13.5. The van der Waals surface area contributed by atoms with Crippen LogP contribution in [0.25, 0.3) is 0 Å². The number of rotatable bonds is 5. The number of piperidine rings is 1. The van der Waals surface area contributed by atoms with Gasteiger partial charge in [-0.15, -0.1) is 6.58 Å². The van der Waals surface area contributed by atoms with Crippen LogP contribution in [-0.4, -0.2) is 35.6 Å². The second kappa shape index (κ2) is 5.31. The molecule has 0 radical (unpaired) electrons. The first-order valence-corrected chi connectivity index (χ1v) is 5.71. The van der Waals surface area contributed by atoms with Gasteiger partial charge in [0.15, 0.2) is 0 Å². The zero-order chi connectivity index (χ0) is 11.3. The zero-order valence-corrected chi connectivity index (χ0v) is 9.54. The summed E-state index contributed by atoms with van der Waals surface area (Å²) < 4.78 is 0. The van der Waals surface area contributed by atoms with Crippen LogP contribution in [0.4, 0.5) is 0 Å². The zero-order valence-electron chi connectivity index (χ0n) is 9.54. The van der Waals surface area contributed by atoms with Crippen molar-refractivity contribution in [2.75, 3.05) is 19.6 Å². The van der Waals surface area contributed by atoms with Gasteiger partial charge in [-0.2, -0.15) is 0 Å². The molecule has 0 unspecified atom stereocenters. The van der Waals surface area contributed by atoms with Gasteiger partial charge in [-0.1, -0.05) is 13.0 Å². The molecule has 1 rings (SSSR count). The molecule has 0 aromatic heterocycles. The maximum atomic E-state index is 11.2. The van der Waals surface area contributed by atoms with Crippen LogP contribution >= 0.6 is 0 Å². The molecule has 3 nitrogen and oxygen atoms in total. The van der Waals surface area contributed by atoms with E-state index in [1.165, 1.54) is 0 Å². The topological polar surface area (TPSA) is 40.5 Å². The Hall–Kier alpha value is -0.830. The van der Waals surface area contributed by atoms with Crippen molar-refractivity contribution in [2.24, 2.45) is 5.41 Å². The summed E-state index contributed by atoms with van der Waals surface area (Å²) in [6, 6.07) is 0. The van der Waals surface area contributed by atoms with Crippen molar-refractivity contribution >= 4 is 5.97 Å². The Labute approximate surface area is 91.8 Å². The Balaban J connectivity index is 2.46. The molecule has 3 heteroatoms. The summed E-state index contributed by atoms with van der Waals surface area (Å²) in [5.41, 5.74) is -0.454. The lowest BCUT2D eigenvalue weighted by Gasteiger charge is -2.38. The number of likely N-dealkylation sites (tertiary alicyclic amines) is 1. The Morgan fingerprint density at radius 3 is 2.53 bits per heavy atom. The molecule has 1 saturated heterocycles. The monoisotopic (exact) mass is 211 g/mol. The summed E-state index contributed by atoms with van der Waals surface area (Å²) in [5.74, 6) is -0.617. The molecule has 1 N–H and O–H groups in total. The van der Waals surface area contributed by atoms with Crippen molar-refractivity contribution in [3.8, 4) is 0 Å². The number of hydrogen-bond acceptors (Lipinski definition) is 2. The van der Waals surface area contributed by atoms with Crippen LogP contribution in [0.2, 0.25) is 0 Å². The minimum absolute atomic E-state index is 0.454. The van der Waals surface area contributed by atoms with Crippen molar-refractivity contribution in [3.05, 3.63) is 12.7 Å². The van der Waals surface area contributed by atoms with Crippen molar-refractivity contribution in [1.29, 1.82) is 0 Å². The van der Waals surface area contributed by atoms with Gasteiger partial charge in [0, 0.05) is 6.54 Å². The van der Waals surface area contributed by atoms with Gasteiger partial charge in [0.25, 0.3) is 0 Å². The second-order valence-corrected chi connectivity index (χ2v) is 4.36. The fraction of sp³-hybridized carbons (Fsp3) is 0.750. The van der Waals surface area contributed by atoms with Crippen LogP contribution < -0.4 is 0 Å². The van der Waals surface area contributed by atoms with Crippen LogP contribution in [0.1, 0.15) is 32.6 Å². The fourth-order valence-electron chi connectivity index (χ4n) is 2.20. The number of nitrogens with zero attached hydrogens (tertiary/aromatic N) is 1. The van der Waals surface area contributed by atoms with E-state index in [1.54, 1.807) is 0 Å². The van der Waals surface area contributed by atoms with Gasteiger partial charge in [-0.3, -0.25) is 4.79 Å². The summed E-state index contributed by atoms with van der Waals surface area (Å²) in [6.07, 6.45) is 5.23. The molecule has 0 atom stereocenters. The molecule has 0 saturated carbocycles. The third kappa shape index (κ3) is 2.81. The minimum Gasteiger partial charge on any atom is -0.481 e. The van der Waals surface area contributed by atoms with E-state index < -0.39 is 11.4 Å². The molecule has 86 valence electrons. The summed E-state index contributed by atoms with van der Waals surface area (Å²) in [5, 5.41) is 9.22. The first-order valence-electron chi connectivity index (χ1n) is 5.71. The van der Waals surface area contributed by atoms with E-state index in [0.29, 0.717) is 0 Å². The van der Waals surface area contributed by atoms with E-state index in [-0.39, 0.29) is 0 Å². The highest BCUT2D eigenvalue weighted by Gasteiger charge is 2.39. The maximum Gasteiger partial charge on any atom is 0.309 e. The van der Waals surface area contributed by atoms with Crippen molar-refractivity contribution in [1.82, 2.24) is 4.90 Å². The number of carbonyl (C=O) groups is 1. The minimum atomic E-state index is -0.617. The van der Waals surface area contributed by atoms with Crippen LogP contribution in [-0.2, 0) is 4.79 Å². The normalized spacial score (nSPS) is 21.1. The third-order valence-corrected chi connectivity index (χ3v) is 3.59. The molecule has 0 bridgehead atoms. The largest absolute Gasteiger partial charge is 0.481 e. The first kappa shape index (κ1) is 12.2. The average molecular weight is 211 g/mol. The fourth-order valence-corrected chi connectivity index (χ4v) is 2.20. The van der Waals surface area contributed by atoms with Gasteiger partial charge >= 0.3 is 5.97 Å². The van der Waals surface area contributed by atoms with Gasteiger partial charge in [0.1, 0.15) is 0 Å². The van der Waals surface area contributed by atoms with Crippen molar-refractivity contribution in [2.45, 2.75) is 32.6 Å². The highest BCUT2D eigenvalue weighted by Crippen LogP contribution is 2.34. The lowest BCUT2D eigenvalue weighted by Crippen LogP contribution is -2.44. The lowest BCUT2D eigenvalue weighted by atomic mass is 9.76.